The molecule has 0 bridgehead atoms. The number of rotatable bonds is 6. The quantitative estimate of drug-likeness (QED) is 0.792. The fourth-order valence-electron chi connectivity index (χ4n) is 1.76. The molecule has 21 heavy (non-hydrogen) atoms. The zero-order chi connectivity index (χ0) is 15.5. The van der Waals surface area contributed by atoms with Crippen molar-refractivity contribution >= 4 is 43.0 Å². The summed E-state index contributed by atoms with van der Waals surface area (Å²) in [5, 5.41) is 4.85. The van der Waals surface area contributed by atoms with Crippen molar-refractivity contribution in [2.24, 2.45) is 0 Å². The van der Waals surface area contributed by atoms with Crippen LogP contribution in [0.5, 0.6) is 0 Å². The number of thiophene rings is 1. The number of aryl methyl sites for hydroxylation is 1. The molecule has 4 nitrogen and oxygen atoms in total. The zero-order valence-electron chi connectivity index (χ0n) is 11.8. The number of benzene rings is 1. The molecule has 2 aromatic rings. The average Bonchev–Trinajstić information content (AvgIpc) is 2.90. The third-order valence-corrected chi connectivity index (χ3v) is 6.24. The fourth-order valence-corrected chi connectivity index (χ4v) is 4.31. The Kier molecular flexibility index (Phi) is 5.43. The first kappa shape index (κ1) is 16.5. The Balaban J connectivity index is 2.17. The largest absolute Gasteiger partial charge is 0.312 e. The average molecular weight is 389 g/mol. The minimum Gasteiger partial charge on any atom is -0.312 e. The number of sulfonamides is 1. The normalized spacial score (nSPS) is 11.6. The van der Waals surface area contributed by atoms with E-state index >= 15 is 0 Å². The van der Waals surface area contributed by atoms with Gasteiger partial charge in [0, 0.05) is 27.0 Å². The van der Waals surface area contributed by atoms with E-state index in [0.717, 1.165) is 21.5 Å². The van der Waals surface area contributed by atoms with Gasteiger partial charge in [0.05, 0.1) is 4.90 Å². The summed E-state index contributed by atoms with van der Waals surface area (Å²) in [5.74, 6) is 0. The van der Waals surface area contributed by atoms with Crippen LogP contribution in [0.2, 0.25) is 0 Å². The molecule has 0 saturated carbocycles. The Morgan fingerprint density at radius 3 is 2.71 bits per heavy atom. The summed E-state index contributed by atoms with van der Waals surface area (Å²) in [6.45, 7) is 5.48. The van der Waals surface area contributed by atoms with Crippen molar-refractivity contribution in [3.63, 3.8) is 0 Å². The molecule has 7 heteroatoms. The Bertz CT molecular complexity index is 726. The molecule has 0 fully saturated rings. The van der Waals surface area contributed by atoms with Crippen LogP contribution in [0, 0.1) is 6.92 Å². The monoisotopic (exact) mass is 388 g/mol. The van der Waals surface area contributed by atoms with Gasteiger partial charge < -0.3 is 5.32 Å². The Hall–Kier alpha value is -0.890. The maximum atomic E-state index is 12.3. The highest BCUT2D eigenvalue weighted by atomic mass is 79.9. The SMILES string of the molecule is CCNCc1cc(S(=O)(=O)Nc2ccc(Br)c(C)c2)cs1. The molecule has 0 radical (unpaired) electrons. The Labute approximate surface area is 137 Å². The summed E-state index contributed by atoms with van der Waals surface area (Å²) in [7, 11) is -3.53. The first-order chi connectivity index (χ1) is 9.92. The first-order valence-corrected chi connectivity index (χ1v) is 9.65. The van der Waals surface area contributed by atoms with Crippen LogP contribution in [0.25, 0.3) is 0 Å². The second-order valence-electron chi connectivity index (χ2n) is 4.60. The molecule has 0 spiro atoms. The van der Waals surface area contributed by atoms with Crippen molar-refractivity contribution in [1.82, 2.24) is 5.32 Å². The van der Waals surface area contributed by atoms with E-state index in [4.69, 9.17) is 0 Å². The van der Waals surface area contributed by atoms with Crippen molar-refractivity contribution in [2.75, 3.05) is 11.3 Å². The maximum Gasteiger partial charge on any atom is 0.262 e. The molecule has 2 rings (SSSR count). The lowest BCUT2D eigenvalue weighted by Gasteiger charge is -2.08. The van der Waals surface area contributed by atoms with Gasteiger partial charge in [-0.05, 0) is 43.3 Å². The van der Waals surface area contributed by atoms with E-state index in [1.165, 1.54) is 11.3 Å². The fraction of sp³-hybridized carbons (Fsp3) is 0.286. The standard InChI is InChI=1S/C14H17BrN2O2S2/c1-3-16-8-12-7-13(9-20-12)21(18,19)17-11-4-5-14(15)10(2)6-11/h4-7,9,16-17H,3,8H2,1-2H3. The van der Waals surface area contributed by atoms with Crippen LogP contribution in [0.3, 0.4) is 0 Å². The molecule has 1 aromatic carbocycles. The number of hydrogen-bond donors (Lipinski definition) is 2. The second kappa shape index (κ2) is 6.91. The number of anilines is 1. The van der Waals surface area contributed by atoms with Crippen LogP contribution >= 0.6 is 27.3 Å². The van der Waals surface area contributed by atoms with Gasteiger partial charge in [-0.3, -0.25) is 4.72 Å². The molecule has 114 valence electrons. The van der Waals surface area contributed by atoms with Gasteiger partial charge in [-0.15, -0.1) is 11.3 Å². The molecule has 0 amide bonds. The van der Waals surface area contributed by atoms with Crippen molar-refractivity contribution in [3.05, 3.63) is 44.6 Å². The number of nitrogens with one attached hydrogen (secondary N) is 2. The predicted octanol–water partition coefficient (Wildman–Crippen LogP) is 3.73. The van der Waals surface area contributed by atoms with E-state index in [1.807, 2.05) is 19.9 Å². The lowest BCUT2D eigenvalue weighted by molar-refractivity contribution is 0.601. The molecule has 0 aliphatic heterocycles. The summed E-state index contributed by atoms with van der Waals surface area (Å²) in [5.41, 5.74) is 1.54. The molecule has 0 aliphatic carbocycles. The lowest BCUT2D eigenvalue weighted by atomic mass is 10.2. The molecular weight excluding hydrogens is 372 g/mol. The van der Waals surface area contributed by atoms with E-state index in [2.05, 4.69) is 26.0 Å². The minimum absolute atomic E-state index is 0.306. The van der Waals surface area contributed by atoms with Crippen molar-refractivity contribution in [2.45, 2.75) is 25.3 Å². The minimum atomic E-state index is -3.53. The lowest BCUT2D eigenvalue weighted by Crippen LogP contribution is -2.13. The summed E-state index contributed by atoms with van der Waals surface area (Å²) in [6.07, 6.45) is 0. The number of hydrogen-bond acceptors (Lipinski definition) is 4. The van der Waals surface area contributed by atoms with Gasteiger partial charge in [0.25, 0.3) is 10.0 Å². The van der Waals surface area contributed by atoms with Crippen LogP contribution in [0.4, 0.5) is 5.69 Å². The number of halogens is 1. The smallest absolute Gasteiger partial charge is 0.262 e. The maximum absolute atomic E-state index is 12.3. The third-order valence-electron chi connectivity index (χ3n) is 2.90. The first-order valence-electron chi connectivity index (χ1n) is 6.49. The van der Waals surface area contributed by atoms with Crippen molar-refractivity contribution < 1.29 is 8.42 Å². The van der Waals surface area contributed by atoms with E-state index in [0.29, 0.717) is 17.1 Å². The van der Waals surface area contributed by atoms with Crippen LogP contribution in [0.15, 0.2) is 39.0 Å². The molecule has 1 aromatic heterocycles. The molecule has 0 aliphatic rings. The highest BCUT2D eigenvalue weighted by Gasteiger charge is 2.16. The van der Waals surface area contributed by atoms with Gasteiger partial charge in [0.1, 0.15) is 0 Å². The third kappa shape index (κ3) is 4.29. The Morgan fingerprint density at radius 2 is 2.05 bits per heavy atom. The van der Waals surface area contributed by atoms with E-state index in [9.17, 15) is 8.42 Å². The van der Waals surface area contributed by atoms with Gasteiger partial charge in [-0.25, -0.2) is 8.42 Å². The zero-order valence-corrected chi connectivity index (χ0v) is 15.0. The topological polar surface area (TPSA) is 58.2 Å². The molecule has 1 heterocycles. The summed E-state index contributed by atoms with van der Waals surface area (Å²) < 4.78 is 28.3. The van der Waals surface area contributed by atoms with Crippen molar-refractivity contribution in [3.8, 4) is 0 Å². The van der Waals surface area contributed by atoms with Crippen LogP contribution in [-0.4, -0.2) is 15.0 Å². The van der Waals surface area contributed by atoms with Gasteiger partial charge in [-0.2, -0.15) is 0 Å². The highest BCUT2D eigenvalue weighted by molar-refractivity contribution is 9.10. The molecular formula is C14H17BrN2O2S2. The highest BCUT2D eigenvalue weighted by Crippen LogP contribution is 2.24. The second-order valence-corrected chi connectivity index (χ2v) is 8.13. The van der Waals surface area contributed by atoms with Crippen LogP contribution < -0.4 is 10.0 Å². The summed E-state index contributed by atoms with van der Waals surface area (Å²) >= 11 is 4.84. The Morgan fingerprint density at radius 1 is 1.29 bits per heavy atom. The molecule has 2 N–H and O–H groups in total. The van der Waals surface area contributed by atoms with E-state index < -0.39 is 10.0 Å². The van der Waals surface area contributed by atoms with Gasteiger partial charge >= 0.3 is 0 Å². The van der Waals surface area contributed by atoms with Crippen molar-refractivity contribution in [1.29, 1.82) is 0 Å². The van der Waals surface area contributed by atoms with Crippen LogP contribution in [0.1, 0.15) is 17.4 Å². The van der Waals surface area contributed by atoms with Gasteiger partial charge in [0.2, 0.25) is 0 Å². The molecule has 0 atom stereocenters. The van der Waals surface area contributed by atoms with Gasteiger partial charge in [-0.1, -0.05) is 22.9 Å². The molecule has 0 saturated heterocycles. The predicted molar refractivity (Wildman–Crippen MR) is 91.4 cm³/mol. The summed E-state index contributed by atoms with van der Waals surface area (Å²) in [4.78, 5) is 1.31. The van der Waals surface area contributed by atoms with E-state index in [1.54, 1.807) is 23.6 Å². The molecule has 0 unspecified atom stereocenters. The van der Waals surface area contributed by atoms with Crippen LogP contribution in [-0.2, 0) is 16.6 Å². The van der Waals surface area contributed by atoms with Gasteiger partial charge in [0.15, 0.2) is 0 Å². The van der Waals surface area contributed by atoms with E-state index in [-0.39, 0.29) is 0 Å². The summed E-state index contributed by atoms with van der Waals surface area (Å²) in [6, 6.07) is 7.08.